The van der Waals surface area contributed by atoms with Crippen molar-refractivity contribution >= 4 is 67.0 Å². The molecule has 188 valence electrons. The Hall–Kier alpha value is -3.89. The minimum atomic E-state index is -0.373. The molecule has 0 aliphatic carbocycles. The Morgan fingerprint density at radius 2 is 1.16 bits per heavy atom. The summed E-state index contributed by atoms with van der Waals surface area (Å²) in [4.78, 5) is 33.4. The third-order valence-corrected chi connectivity index (χ3v) is 6.94. The van der Waals surface area contributed by atoms with Crippen molar-refractivity contribution in [2.45, 2.75) is 13.8 Å². The first-order valence-electron chi connectivity index (χ1n) is 11.5. The van der Waals surface area contributed by atoms with Crippen LogP contribution in [0.4, 0.5) is 17.1 Å². The lowest BCUT2D eigenvalue weighted by atomic mass is 10.2. The second kappa shape index (κ2) is 12.9. The molecule has 8 nitrogen and oxygen atoms in total. The molecule has 0 bridgehead atoms. The molecular weight excluding hydrogens is 508 g/mol. The molecule has 37 heavy (non-hydrogen) atoms. The Labute approximate surface area is 223 Å². The Morgan fingerprint density at radius 1 is 0.703 bits per heavy atom. The highest BCUT2D eigenvalue weighted by molar-refractivity contribution is 8.57. The molecule has 0 unspecified atom stereocenters. The molecule has 1 heterocycles. The van der Waals surface area contributed by atoms with Gasteiger partial charge in [-0.2, -0.15) is 5.10 Å². The van der Waals surface area contributed by atoms with Crippen LogP contribution in [0.15, 0.2) is 93.9 Å². The summed E-state index contributed by atoms with van der Waals surface area (Å²) in [7, 11) is 0. The number of nitrogens with zero attached hydrogens (tertiary/aromatic N) is 3. The van der Waals surface area contributed by atoms with Gasteiger partial charge in [-0.3, -0.25) is 5.43 Å². The fourth-order valence-corrected chi connectivity index (χ4v) is 5.06. The van der Waals surface area contributed by atoms with Crippen LogP contribution in [-0.2, 0) is 9.47 Å². The number of carbonyl (C=O) groups excluding carboxylic acids is 2. The number of benzene rings is 3. The predicted octanol–water partition coefficient (Wildman–Crippen LogP) is 6.66. The Bertz CT molecular complexity index is 1260. The lowest BCUT2D eigenvalue weighted by molar-refractivity contribution is 0.0517. The van der Waals surface area contributed by atoms with Crippen LogP contribution in [0.25, 0.3) is 0 Å². The first-order chi connectivity index (χ1) is 18.1. The molecular formula is C27H24N4O4S2. The predicted molar refractivity (Wildman–Crippen MR) is 152 cm³/mol. The van der Waals surface area contributed by atoms with Gasteiger partial charge in [0.15, 0.2) is 4.38 Å². The van der Waals surface area contributed by atoms with E-state index in [0.29, 0.717) is 45.8 Å². The lowest BCUT2D eigenvalue weighted by Gasteiger charge is -2.03. The van der Waals surface area contributed by atoms with Crippen LogP contribution in [0.1, 0.15) is 34.6 Å². The third kappa shape index (κ3) is 7.31. The number of thioether (sulfide) groups is 2. The van der Waals surface area contributed by atoms with Gasteiger partial charge in [-0.15, -0.1) is 0 Å². The van der Waals surface area contributed by atoms with Crippen molar-refractivity contribution in [2.75, 3.05) is 18.6 Å². The van der Waals surface area contributed by atoms with Crippen molar-refractivity contribution in [3.8, 4) is 0 Å². The van der Waals surface area contributed by atoms with Crippen LogP contribution < -0.4 is 5.43 Å². The van der Waals surface area contributed by atoms with E-state index in [2.05, 4.69) is 10.5 Å². The summed E-state index contributed by atoms with van der Waals surface area (Å²) in [6, 6.07) is 23.4. The van der Waals surface area contributed by atoms with E-state index in [0.717, 1.165) is 10.1 Å². The summed E-state index contributed by atoms with van der Waals surface area (Å²) in [6.07, 6.45) is 0. The second-order valence-electron chi connectivity index (χ2n) is 7.43. The summed E-state index contributed by atoms with van der Waals surface area (Å²) in [5.74, 6) is -0.746. The lowest BCUT2D eigenvalue weighted by Crippen LogP contribution is -2.04. The van der Waals surface area contributed by atoms with Crippen molar-refractivity contribution < 1.29 is 19.1 Å². The summed E-state index contributed by atoms with van der Waals surface area (Å²) >= 11 is 2.78. The largest absolute Gasteiger partial charge is 0.462 e. The Kier molecular flexibility index (Phi) is 9.12. The SMILES string of the molecule is CCOC(=O)c1ccc(N=C2SC(=NNc3ccccc3)SC2=Nc2ccc(C(=O)OCC)cc2)cc1. The van der Waals surface area contributed by atoms with Crippen molar-refractivity contribution in [1.29, 1.82) is 0 Å². The maximum atomic E-state index is 12.0. The molecule has 1 N–H and O–H groups in total. The van der Waals surface area contributed by atoms with E-state index in [1.54, 1.807) is 62.4 Å². The average Bonchev–Trinajstić information content (AvgIpc) is 3.30. The fraction of sp³-hybridized carbons (Fsp3) is 0.148. The van der Waals surface area contributed by atoms with Gasteiger partial charge in [0.2, 0.25) is 0 Å². The number of aliphatic imine (C=N–C) groups is 2. The molecule has 0 atom stereocenters. The van der Waals surface area contributed by atoms with Crippen LogP contribution in [0.3, 0.4) is 0 Å². The smallest absolute Gasteiger partial charge is 0.338 e. The zero-order chi connectivity index (χ0) is 26.0. The summed E-state index contributed by atoms with van der Waals surface area (Å²) in [6.45, 7) is 4.17. The number of nitrogens with one attached hydrogen (secondary N) is 1. The number of carbonyl (C=O) groups is 2. The number of esters is 2. The van der Waals surface area contributed by atoms with E-state index < -0.39 is 0 Å². The molecule has 0 amide bonds. The van der Waals surface area contributed by atoms with E-state index in [-0.39, 0.29) is 11.9 Å². The molecule has 10 heteroatoms. The molecule has 0 aromatic heterocycles. The number of hydrogen-bond acceptors (Lipinski definition) is 10. The van der Waals surface area contributed by atoms with Gasteiger partial charge in [0.1, 0.15) is 10.1 Å². The van der Waals surface area contributed by atoms with Gasteiger partial charge in [-0.25, -0.2) is 19.6 Å². The topological polar surface area (TPSA) is 102 Å². The first-order valence-corrected chi connectivity index (χ1v) is 13.2. The molecule has 1 fully saturated rings. The van der Waals surface area contributed by atoms with Crippen molar-refractivity contribution in [1.82, 2.24) is 0 Å². The van der Waals surface area contributed by atoms with E-state index in [1.165, 1.54) is 23.5 Å². The number of hydrazone groups is 1. The highest BCUT2D eigenvalue weighted by Crippen LogP contribution is 2.35. The van der Waals surface area contributed by atoms with Gasteiger partial charge in [-0.1, -0.05) is 18.2 Å². The molecule has 0 radical (unpaired) electrons. The molecule has 1 saturated heterocycles. The second-order valence-corrected chi connectivity index (χ2v) is 9.64. The van der Waals surface area contributed by atoms with E-state index in [1.807, 2.05) is 30.3 Å². The fourth-order valence-electron chi connectivity index (χ4n) is 3.09. The van der Waals surface area contributed by atoms with Crippen LogP contribution in [0.2, 0.25) is 0 Å². The molecule has 1 aliphatic heterocycles. The van der Waals surface area contributed by atoms with Crippen LogP contribution in [-0.4, -0.2) is 39.6 Å². The number of hydrogen-bond donors (Lipinski definition) is 1. The van der Waals surface area contributed by atoms with Gasteiger partial charge in [0, 0.05) is 0 Å². The van der Waals surface area contributed by atoms with Crippen LogP contribution in [0.5, 0.6) is 0 Å². The molecule has 4 rings (SSSR count). The standard InChI is InChI=1S/C27H24N4O4S2/c1-3-34-25(32)18-10-14-20(15-11-18)28-23-24(29-21-16-12-19(13-17-21)26(33)35-4-2)37-27(36-23)31-30-22-8-6-5-7-9-22/h5-17,30H,3-4H2,1-2H3. The maximum absolute atomic E-state index is 12.0. The minimum Gasteiger partial charge on any atom is -0.462 e. The van der Waals surface area contributed by atoms with Gasteiger partial charge in [0.05, 0.1) is 41.4 Å². The first kappa shape index (κ1) is 26.2. The quantitative estimate of drug-likeness (QED) is 0.256. The normalized spacial score (nSPS) is 15.0. The average molecular weight is 533 g/mol. The van der Waals surface area contributed by atoms with Gasteiger partial charge in [-0.05, 0) is 98.0 Å². The zero-order valence-electron chi connectivity index (χ0n) is 20.2. The van der Waals surface area contributed by atoms with Crippen molar-refractivity contribution in [2.24, 2.45) is 15.1 Å². The Balaban J connectivity index is 1.60. The maximum Gasteiger partial charge on any atom is 0.338 e. The monoisotopic (exact) mass is 532 g/mol. The van der Waals surface area contributed by atoms with E-state index in [9.17, 15) is 9.59 Å². The number of anilines is 1. The van der Waals surface area contributed by atoms with Gasteiger partial charge >= 0.3 is 11.9 Å². The minimum absolute atomic E-state index is 0.316. The van der Waals surface area contributed by atoms with E-state index in [4.69, 9.17) is 19.5 Å². The highest BCUT2D eigenvalue weighted by Gasteiger charge is 2.26. The number of para-hydroxylation sites is 1. The summed E-state index contributed by atoms with van der Waals surface area (Å²) in [5, 5.41) is 5.83. The number of ether oxygens (including phenoxy) is 2. The van der Waals surface area contributed by atoms with Crippen molar-refractivity contribution in [3.63, 3.8) is 0 Å². The molecule has 1 aliphatic rings. The van der Waals surface area contributed by atoms with Crippen molar-refractivity contribution in [3.05, 3.63) is 90.0 Å². The summed E-state index contributed by atoms with van der Waals surface area (Å²) < 4.78 is 10.8. The van der Waals surface area contributed by atoms with Gasteiger partial charge < -0.3 is 9.47 Å². The summed E-state index contributed by atoms with van der Waals surface area (Å²) in [5.41, 5.74) is 6.17. The number of rotatable bonds is 8. The highest BCUT2D eigenvalue weighted by atomic mass is 32.2. The van der Waals surface area contributed by atoms with Crippen LogP contribution in [0, 0.1) is 0 Å². The third-order valence-electron chi connectivity index (χ3n) is 4.82. The zero-order valence-corrected chi connectivity index (χ0v) is 21.8. The van der Waals surface area contributed by atoms with E-state index >= 15 is 0 Å². The molecule has 0 saturated carbocycles. The van der Waals surface area contributed by atoms with Crippen LogP contribution >= 0.6 is 23.5 Å². The molecule has 0 spiro atoms. The molecule has 3 aromatic rings. The molecule has 3 aromatic carbocycles. The Morgan fingerprint density at radius 3 is 1.59 bits per heavy atom. The van der Waals surface area contributed by atoms with Gasteiger partial charge in [0.25, 0.3) is 0 Å².